The van der Waals surface area contributed by atoms with E-state index in [2.05, 4.69) is 52.6 Å². The van der Waals surface area contributed by atoms with Gasteiger partial charge in [-0.05, 0) is 47.1 Å². The topological polar surface area (TPSA) is 3.24 Å². The van der Waals surface area contributed by atoms with Crippen LogP contribution in [0, 0.1) is 0 Å². The van der Waals surface area contributed by atoms with Crippen molar-refractivity contribution in [2.45, 2.75) is 72.4 Å². The lowest BCUT2D eigenvalue weighted by Gasteiger charge is -2.32. The van der Waals surface area contributed by atoms with Gasteiger partial charge in [-0.3, -0.25) is 0 Å². The van der Waals surface area contributed by atoms with Crippen LogP contribution in [-0.2, 0) is 0 Å². The molecule has 0 aromatic heterocycles. The summed E-state index contributed by atoms with van der Waals surface area (Å²) in [6, 6.07) is 1.42. The Morgan fingerprint density at radius 3 is 2.27 bits per heavy atom. The minimum atomic E-state index is 0.663. The molecule has 0 bridgehead atoms. The van der Waals surface area contributed by atoms with Crippen molar-refractivity contribution in [2.75, 3.05) is 7.05 Å². The van der Waals surface area contributed by atoms with E-state index < -0.39 is 0 Å². The van der Waals surface area contributed by atoms with E-state index in [1.165, 1.54) is 31.3 Å². The number of nitrogens with zero attached hydrogens (tertiary/aromatic N) is 1. The van der Waals surface area contributed by atoms with Gasteiger partial charge in [0.1, 0.15) is 0 Å². The first-order valence-electron chi connectivity index (χ1n) is 6.38. The minimum Gasteiger partial charge on any atom is -0.300 e. The summed E-state index contributed by atoms with van der Waals surface area (Å²) in [5.41, 5.74) is 1.43. The van der Waals surface area contributed by atoms with Gasteiger partial charge in [0, 0.05) is 12.1 Å². The van der Waals surface area contributed by atoms with Crippen LogP contribution >= 0.6 is 0 Å². The summed E-state index contributed by atoms with van der Waals surface area (Å²) in [6.45, 7) is 11.3. The van der Waals surface area contributed by atoms with E-state index in [1.54, 1.807) is 0 Å². The van der Waals surface area contributed by atoms with Crippen molar-refractivity contribution < 1.29 is 0 Å². The average Bonchev–Trinajstić information content (AvgIpc) is 2.21. The maximum Gasteiger partial charge on any atom is 0.0101 e. The largest absolute Gasteiger partial charge is 0.300 e. The van der Waals surface area contributed by atoms with Crippen molar-refractivity contribution >= 4 is 0 Å². The molecule has 0 spiro atoms. The van der Waals surface area contributed by atoms with Gasteiger partial charge >= 0.3 is 0 Å². The second-order valence-electron chi connectivity index (χ2n) is 4.88. The van der Waals surface area contributed by atoms with Gasteiger partial charge in [-0.15, -0.1) is 0 Å². The number of allylic oxidation sites excluding steroid dienone is 1. The van der Waals surface area contributed by atoms with Crippen LogP contribution in [0.1, 0.15) is 60.3 Å². The van der Waals surface area contributed by atoms with Crippen LogP contribution in [0.3, 0.4) is 0 Å². The Balaban J connectivity index is 4.14. The Bertz CT molecular complexity index is 180. The van der Waals surface area contributed by atoms with Gasteiger partial charge in [0.2, 0.25) is 0 Å². The number of hydrogen-bond donors (Lipinski definition) is 0. The molecule has 0 aromatic rings. The van der Waals surface area contributed by atoms with Gasteiger partial charge in [0.15, 0.2) is 0 Å². The van der Waals surface area contributed by atoms with Crippen molar-refractivity contribution in [3.63, 3.8) is 0 Å². The molecular weight excluding hydrogens is 182 g/mol. The lowest BCUT2D eigenvalue weighted by atomic mass is 10.0. The van der Waals surface area contributed by atoms with E-state index in [9.17, 15) is 0 Å². The van der Waals surface area contributed by atoms with Gasteiger partial charge in [-0.25, -0.2) is 0 Å². The van der Waals surface area contributed by atoms with Crippen LogP contribution in [-0.4, -0.2) is 24.0 Å². The summed E-state index contributed by atoms with van der Waals surface area (Å²) >= 11 is 0. The lowest BCUT2D eigenvalue weighted by molar-refractivity contribution is 0.170. The zero-order valence-corrected chi connectivity index (χ0v) is 11.5. The first-order valence-corrected chi connectivity index (χ1v) is 6.38. The Morgan fingerprint density at radius 2 is 1.87 bits per heavy atom. The summed E-state index contributed by atoms with van der Waals surface area (Å²) in [7, 11) is 2.27. The minimum absolute atomic E-state index is 0.663. The molecule has 90 valence electrons. The molecule has 0 saturated heterocycles. The second-order valence-corrected chi connectivity index (χ2v) is 4.88. The molecule has 0 heterocycles. The monoisotopic (exact) mass is 211 g/mol. The van der Waals surface area contributed by atoms with Crippen LogP contribution in [0.5, 0.6) is 0 Å². The predicted octanol–water partition coefficient (Wildman–Crippen LogP) is 4.24. The summed E-state index contributed by atoms with van der Waals surface area (Å²) in [6.07, 6.45) is 7.41. The highest BCUT2D eigenvalue weighted by Crippen LogP contribution is 2.14. The first-order chi connectivity index (χ1) is 7.02. The maximum atomic E-state index is 2.54. The van der Waals surface area contributed by atoms with Crippen molar-refractivity contribution in [2.24, 2.45) is 0 Å². The quantitative estimate of drug-likeness (QED) is 0.569. The van der Waals surface area contributed by atoms with Crippen LogP contribution in [0.25, 0.3) is 0 Å². The fourth-order valence-electron chi connectivity index (χ4n) is 1.96. The molecule has 0 saturated carbocycles. The number of rotatable bonds is 7. The Labute approximate surface area is 96.6 Å². The Morgan fingerprint density at radius 1 is 1.27 bits per heavy atom. The molecule has 0 aliphatic heterocycles. The van der Waals surface area contributed by atoms with E-state index in [-0.39, 0.29) is 0 Å². The van der Waals surface area contributed by atoms with Gasteiger partial charge in [0.05, 0.1) is 0 Å². The third-order valence-electron chi connectivity index (χ3n) is 3.23. The average molecular weight is 211 g/mol. The predicted molar refractivity (Wildman–Crippen MR) is 70.3 cm³/mol. The van der Waals surface area contributed by atoms with E-state index in [1.807, 2.05) is 0 Å². The van der Waals surface area contributed by atoms with Crippen molar-refractivity contribution in [1.29, 1.82) is 0 Å². The molecule has 1 nitrogen and oxygen atoms in total. The highest BCUT2D eigenvalue weighted by atomic mass is 15.1. The lowest BCUT2D eigenvalue weighted by Crippen LogP contribution is -2.38. The smallest absolute Gasteiger partial charge is 0.0101 e. The normalized spacial score (nSPS) is 15.1. The molecule has 0 aliphatic rings. The fourth-order valence-corrected chi connectivity index (χ4v) is 1.96. The maximum absolute atomic E-state index is 2.54. The van der Waals surface area contributed by atoms with Crippen LogP contribution in [0.15, 0.2) is 11.6 Å². The molecule has 0 fully saturated rings. The van der Waals surface area contributed by atoms with Crippen LogP contribution in [0.2, 0.25) is 0 Å². The van der Waals surface area contributed by atoms with Gasteiger partial charge in [0.25, 0.3) is 0 Å². The SMILES string of the molecule is CCCC(CC)N(C)C(C)CC=C(C)C. The molecule has 0 aromatic carbocycles. The highest BCUT2D eigenvalue weighted by molar-refractivity contribution is 4.95. The van der Waals surface area contributed by atoms with E-state index in [4.69, 9.17) is 0 Å². The third kappa shape index (κ3) is 5.99. The summed E-state index contributed by atoms with van der Waals surface area (Å²) in [5, 5.41) is 0. The molecule has 1 heteroatoms. The van der Waals surface area contributed by atoms with Crippen molar-refractivity contribution in [1.82, 2.24) is 4.90 Å². The standard InChI is InChI=1S/C14H29N/c1-7-9-14(8-2)15(6)13(5)11-10-12(3)4/h10,13-14H,7-9,11H2,1-6H3. The summed E-state index contributed by atoms with van der Waals surface area (Å²) < 4.78 is 0. The van der Waals surface area contributed by atoms with Gasteiger partial charge in [-0.2, -0.15) is 0 Å². The van der Waals surface area contributed by atoms with Crippen molar-refractivity contribution in [3.8, 4) is 0 Å². The Hall–Kier alpha value is -0.300. The van der Waals surface area contributed by atoms with E-state index >= 15 is 0 Å². The molecule has 0 aliphatic carbocycles. The van der Waals surface area contributed by atoms with E-state index in [0.717, 1.165) is 6.04 Å². The number of hydrogen-bond acceptors (Lipinski definition) is 1. The first kappa shape index (κ1) is 14.7. The van der Waals surface area contributed by atoms with E-state index in [0.29, 0.717) is 6.04 Å². The van der Waals surface area contributed by atoms with Crippen molar-refractivity contribution in [3.05, 3.63) is 11.6 Å². The zero-order valence-electron chi connectivity index (χ0n) is 11.5. The molecule has 2 atom stereocenters. The summed E-state index contributed by atoms with van der Waals surface area (Å²) in [5.74, 6) is 0. The zero-order chi connectivity index (χ0) is 11.8. The Kier molecular flexibility index (Phi) is 7.76. The third-order valence-corrected chi connectivity index (χ3v) is 3.23. The second kappa shape index (κ2) is 7.92. The van der Waals surface area contributed by atoms with Gasteiger partial charge < -0.3 is 4.90 Å². The van der Waals surface area contributed by atoms with Gasteiger partial charge in [-0.1, -0.05) is 31.9 Å². The summed E-state index contributed by atoms with van der Waals surface area (Å²) in [4.78, 5) is 2.54. The molecular formula is C14H29N. The highest BCUT2D eigenvalue weighted by Gasteiger charge is 2.16. The molecule has 15 heavy (non-hydrogen) atoms. The molecule has 2 unspecified atom stereocenters. The van der Waals surface area contributed by atoms with Crippen LogP contribution in [0.4, 0.5) is 0 Å². The molecule has 0 amide bonds. The van der Waals surface area contributed by atoms with Crippen LogP contribution < -0.4 is 0 Å². The molecule has 0 radical (unpaired) electrons. The molecule has 0 N–H and O–H groups in total. The molecule has 0 rings (SSSR count). The fraction of sp³-hybridized carbons (Fsp3) is 0.857.